The molecule has 2 aliphatic rings. The Morgan fingerprint density at radius 1 is 1.02 bits per heavy atom. The molecule has 40 heavy (non-hydrogen) atoms. The predicted molar refractivity (Wildman–Crippen MR) is 157 cm³/mol. The van der Waals surface area contributed by atoms with Gasteiger partial charge in [0.25, 0.3) is 0 Å². The van der Waals surface area contributed by atoms with E-state index in [1.807, 2.05) is 74.5 Å². The summed E-state index contributed by atoms with van der Waals surface area (Å²) in [5.41, 5.74) is 5.27. The van der Waals surface area contributed by atoms with Crippen molar-refractivity contribution in [1.82, 2.24) is 5.32 Å². The Labute approximate surface area is 242 Å². The summed E-state index contributed by atoms with van der Waals surface area (Å²) in [4.78, 5) is 27.5. The number of halogens is 1. The lowest BCUT2D eigenvalue weighted by Gasteiger charge is -2.37. The van der Waals surface area contributed by atoms with Gasteiger partial charge in [0.2, 0.25) is 0 Å². The molecule has 0 unspecified atom stereocenters. The fourth-order valence-electron chi connectivity index (χ4n) is 5.61. The molecular formula is C33H32BrNO5. The average Bonchev–Trinajstić information content (AvgIpc) is 2.95. The number of phenols is 1. The van der Waals surface area contributed by atoms with Crippen LogP contribution in [0.3, 0.4) is 0 Å². The van der Waals surface area contributed by atoms with Gasteiger partial charge in [-0.25, -0.2) is 4.79 Å². The number of carbonyl (C=O) groups excluding carboxylic acids is 2. The Morgan fingerprint density at radius 2 is 1.73 bits per heavy atom. The molecule has 5 rings (SSSR count). The lowest BCUT2D eigenvalue weighted by atomic mass is 9.71. The van der Waals surface area contributed by atoms with Crippen molar-refractivity contribution in [3.05, 3.63) is 116 Å². The number of ketones is 1. The van der Waals surface area contributed by atoms with Gasteiger partial charge >= 0.3 is 5.97 Å². The molecular weight excluding hydrogens is 570 g/mol. The second-order valence-corrected chi connectivity index (χ2v) is 10.9. The van der Waals surface area contributed by atoms with E-state index in [1.165, 1.54) is 0 Å². The van der Waals surface area contributed by atoms with E-state index in [9.17, 15) is 14.7 Å². The van der Waals surface area contributed by atoms with E-state index < -0.39 is 11.9 Å². The number of esters is 1. The lowest BCUT2D eigenvalue weighted by Crippen LogP contribution is -2.36. The van der Waals surface area contributed by atoms with Crippen molar-refractivity contribution in [2.75, 3.05) is 13.2 Å². The van der Waals surface area contributed by atoms with Gasteiger partial charge in [-0.15, -0.1) is 0 Å². The van der Waals surface area contributed by atoms with Crippen LogP contribution in [0.1, 0.15) is 55.2 Å². The van der Waals surface area contributed by atoms with E-state index in [0.717, 1.165) is 16.8 Å². The Hall–Kier alpha value is -3.84. The molecule has 6 nitrogen and oxygen atoms in total. The third-order valence-corrected chi connectivity index (χ3v) is 8.07. The molecule has 3 aromatic carbocycles. The Kier molecular flexibility index (Phi) is 8.40. The Bertz CT molecular complexity index is 1480. The van der Waals surface area contributed by atoms with Crippen LogP contribution in [0.4, 0.5) is 0 Å². The maximum Gasteiger partial charge on any atom is 0.336 e. The highest BCUT2D eigenvalue weighted by Gasteiger charge is 2.42. The van der Waals surface area contributed by atoms with E-state index in [4.69, 9.17) is 9.47 Å². The number of dihydropyridines is 1. The highest BCUT2D eigenvalue weighted by molar-refractivity contribution is 9.10. The molecule has 1 aliphatic heterocycles. The Balaban J connectivity index is 1.53. The number of carbonyl (C=O) groups is 2. The molecule has 2 N–H and O–H groups in total. The maximum absolute atomic E-state index is 13.9. The van der Waals surface area contributed by atoms with Gasteiger partial charge in [0.1, 0.15) is 0 Å². The Morgan fingerprint density at radius 3 is 2.42 bits per heavy atom. The normalized spacial score (nSPS) is 18.7. The average molecular weight is 603 g/mol. The van der Waals surface area contributed by atoms with Crippen molar-refractivity contribution >= 4 is 27.7 Å². The summed E-state index contributed by atoms with van der Waals surface area (Å²) in [6, 6.07) is 23.3. The smallest absolute Gasteiger partial charge is 0.336 e. The topological polar surface area (TPSA) is 84.9 Å². The van der Waals surface area contributed by atoms with Crippen LogP contribution in [0.2, 0.25) is 0 Å². The molecule has 1 heterocycles. The van der Waals surface area contributed by atoms with Gasteiger partial charge in [0, 0.05) is 35.7 Å². The van der Waals surface area contributed by atoms with E-state index in [0.29, 0.717) is 52.7 Å². The molecule has 0 spiro atoms. The third kappa shape index (κ3) is 5.70. The minimum absolute atomic E-state index is 0.0168. The lowest BCUT2D eigenvalue weighted by molar-refractivity contribution is -0.139. The molecule has 0 fully saturated rings. The number of phenolic OH excluding ortho intramolecular Hbond substituents is 1. The van der Waals surface area contributed by atoms with Gasteiger partial charge in [-0.1, -0.05) is 60.7 Å². The zero-order valence-corrected chi connectivity index (χ0v) is 24.2. The van der Waals surface area contributed by atoms with Crippen molar-refractivity contribution in [2.45, 2.75) is 44.9 Å². The van der Waals surface area contributed by atoms with Crippen molar-refractivity contribution in [1.29, 1.82) is 0 Å². The number of aromatic hydroxyl groups is 1. The van der Waals surface area contributed by atoms with Crippen LogP contribution in [-0.2, 0) is 20.7 Å². The predicted octanol–water partition coefficient (Wildman–Crippen LogP) is 6.70. The number of Topliss-reactive ketones (excluding diaryl/α,β-unsaturated/α-hetero) is 1. The quantitative estimate of drug-likeness (QED) is 0.279. The number of ether oxygens (including phenoxy) is 2. The van der Waals surface area contributed by atoms with Gasteiger partial charge in [0.15, 0.2) is 17.3 Å². The highest BCUT2D eigenvalue weighted by Crippen LogP contribution is 2.48. The summed E-state index contributed by atoms with van der Waals surface area (Å²) in [7, 11) is 0. The molecule has 206 valence electrons. The summed E-state index contributed by atoms with van der Waals surface area (Å²) in [6.07, 6.45) is 1.57. The second kappa shape index (κ2) is 12.1. The highest BCUT2D eigenvalue weighted by atomic mass is 79.9. The minimum Gasteiger partial charge on any atom is -0.503 e. The number of benzene rings is 3. The summed E-state index contributed by atoms with van der Waals surface area (Å²) < 4.78 is 11.9. The fourth-order valence-corrected chi connectivity index (χ4v) is 6.07. The molecule has 0 saturated carbocycles. The minimum atomic E-state index is -0.666. The first-order chi connectivity index (χ1) is 19.4. The van der Waals surface area contributed by atoms with Gasteiger partial charge in [0.05, 0.1) is 23.3 Å². The largest absolute Gasteiger partial charge is 0.503 e. The second-order valence-electron chi connectivity index (χ2n) is 10.1. The molecule has 3 aromatic rings. The first-order valence-corrected chi connectivity index (χ1v) is 14.3. The van der Waals surface area contributed by atoms with E-state index in [1.54, 1.807) is 12.1 Å². The van der Waals surface area contributed by atoms with Gasteiger partial charge in [-0.05, 0) is 70.9 Å². The monoisotopic (exact) mass is 601 g/mol. The van der Waals surface area contributed by atoms with Crippen LogP contribution in [-0.4, -0.2) is 30.1 Å². The van der Waals surface area contributed by atoms with Crippen LogP contribution >= 0.6 is 15.9 Å². The van der Waals surface area contributed by atoms with E-state index in [-0.39, 0.29) is 29.8 Å². The van der Waals surface area contributed by atoms with Crippen molar-refractivity contribution in [3.8, 4) is 11.5 Å². The summed E-state index contributed by atoms with van der Waals surface area (Å²) in [5, 5.41) is 14.0. The fraction of sp³-hybridized carbons (Fsp3) is 0.273. The first kappa shape index (κ1) is 27.7. The van der Waals surface area contributed by atoms with Crippen LogP contribution in [0.25, 0.3) is 0 Å². The SMILES string of the molecule is CCOc1cc([C@H]2C(C(=O)OCCc3ccccc3)=C(C)NC3=C2C(=O)C[C@H](c2ccccc2)C3)cc(Br)c1O. The first-order valence-electron chi connectivity index (χ1n) is 13.5. The molecule has 0 bridgehead atoms. The molecule has 7 heteroatoms. The van der Waals surface area contributed by atoms with Crippen LogP contribution in [0.15, 0.2) is 99.8 Å². The van der Waals surface area contributed by atoms with E-state index >= 15 is 0 Å². The molecule has 0 saturated heterocycles. The number of nitrogens with one attached hydrogen (secondary N) is 1. The van der Waals surface area contributed by atoms with Crippen LogP contribution in [0, 0.1) is 0 Å². The number of hydrogen-bond donors (Lipinski definition) is 2. The van der Waals surface area contributed by atoms with E-state index in [2.05, 4.69) is 21.2 Å². The van der Waals surface area contributed by atoms with Crippen LogP contribution < -0.4 is 10.1 Å². The van der Waals surface area contributed by atoms with Crippen LogP contribution in [0.5, 0.6) is 11.5 Å². The third-order valence-electron chi connectivity index (χ3n) is 7.47. The molecule has 0 aromatic heterocycles. The van der Waals surface area contributed by atoms with Crippen molar-refractivity contribution in [2.24, 2.45) is 0 Å². The van der Waals surface area contributed by atoms with Crippen molar-refractivity contribution in [3.63, 3.8) is 0 Å². The zero-order valence-electron chi connectivity index (χ0n) is 22.6. The molecule has 1 aliphatic carbocycles. The van der Waals surface area contributed by atoms with Gasteiger partial charge < -0.3 is 19.9 Å². The van der Waals surface area contributed by atoms with Gasteiger partial charge in [-0.2, -0.15) is 0 Å². The zero-order chi connectivity index (χ0) is 28.2. The van der Waals surface area contributed by atoms with Crippen molar-refractivity contribution < 1.29 is 24.2 Å². The summed E-state index contributed by atoms with van der Waals surface area (Å²) in [6.45, 7) is 4.25. The summed E-state index contributed by atoms with van der Waals surface area (Å²) in [5.74, 6) is -0.860. The van der Waals surface area contributed by atoms with Gasteiger partial charge in [-0.3, -0.25) is 4.79 Å². The number of hydrogen-bond acceptors (Lipinski definition) is 6. The summed E-state index contributed by atoms with van der Waals surface area (Å²) >= 11 is 3.44. The molecule has 0 radical (unpaired) electrons. The molecule has 2 atom stereocenters. The molecule has 0 amide bonds. The maximum atomic E-state index is 13.9. The number of rotatable bonds is 8. The number of allylic oxidation sites excluding steroid dienone is 3. The standard InChI is InChI=1S/C33H32BrNO5/c1-3-39-28-19-24(16-25(34)32(28)37)30-29(33(38)40-15-14-21-10-6-4-7-11-21)20(2)35-26-17-23(18-27(36)31(26)30)22-12-8-5-9-13-22/h4-13,16,19,23,30,35,37H,3,14-15,17-18H2,1-2H3/t23-,30+/m1/s1.